The largest absolute Gasteiger partial charge is 0.389 e. The molecule has 0 saturated carbocycles. The number of nitrogens with zero attached hydrogens (tertiary/aromatic N) is 1. The highest BCUT2D eigenvalue weighted by Gasteiger charge is 2.40. The summed E-state index contributed by atoms with van der Waals surface area (Å²) >= 11 is 0. The number of aryl methyl sites for hydroxylation is 1. The van der Waals surface area contributed by atoms with E-state index >= 15 is 0 Å². The molecule has 2 heterocycles. The summed E-state index contributed by atoms with van der Waals surface area (Å²) in [5.41, 5.74) is 1.96. The molecule has 1 aliphatic heterocycles. The van der Waals surface area contributed by atoms with Gasteiger partial charge >= 0.3 is 0 Å². The standard InChI is InChI=1S/C15H22N2O/c18-15(7-3-9-16-11-8-15)13-6-1-4-12-5-2-10-17-14(12)13/h2,5,10,13,16,18H,1,3-4,6-9,11H2. The lowest BCUT2D eigenvalue weighted by atomic mass is 9.72. The van der Waals surface area contributed by atoms with Crippen molar-refractivity contribution in [1.82, 2.24) is 10.3 Å². The molecular formula is C15H22N2O. The summed E-state index contributed by atoms with van der Waals surface area (Å²) < 4.78 is 0. The van der Waals surface area contributed by atoms with Gasteiger partial charge in [0.05, 0.1) is 5.60 Å². The SMILES string of the molecule is OC1(C2CCCc3cccnc32)CCCNCC1. The lowest BCUT2D eigenvalue weighted by molar-refractivity contribution is -0.00632. The van der Waals surface area contributed by atoms with Crippen LogP contribution in [0.2, 0.25) is 0 Å². The van der Waals surface area contributed by atoms with E-state index in [-0.39, 0.29) is 5.92 Å². The molecule has 1 aromatic heterocycles. The van der Waals surface area contributed by atoms with E-state index in [4.69, 9.17) is 0 Å². The number of nitrogens with one attached hydrogen (secondary N) is 1. The van der Waals surface area contributed by atoms with E-state index in [0.29, 0.717) is 0 Å². The quantitative estimate of drug-likeness (QED) is 0.796. The van der Waals surface area contributed by atoms with Gasteiger partial charge in [0.1, 0.15) is 0 Å². The Morgan fingerprint density at radius 1 is 1.28 bits per heavy atom. The van der Waals surface area contributed by atoms with Crippen molar-refractivity contribution in [3.63, 3.8) is 0 Å². The molecule has 3 heteroatoms. The van der Waals surface area contributed by atoms with Crippen molar-refractivity contribution in [2.45, 2.75) is 50.0 Å². The van der Waals surface area contributed by atoms with Gasteiger partial charge in [-0.05, 0) is 63.2 Å². The van der Waals surface area contributed by atoms with Crippen LogP contribution in [0.15, 0.2) is 18.3 Å². The zero-order valence-electron chi connectivity index (χ0n) is 10.9. The lowest BCUT2D eigenvalue weighted by Gasteiger charge is -2.38. The summed E-state index contributed by atoms with van der Waals surface area (Å²) in [6, 6.07) is 4.19. The van der Waals surface area contributed by atoms with E-state index < -0.39 is 5.60 Å². The maximum atomic E-state index is 11.0. The zero-order valence-corrected chi connectivity index (χ0v) is 10.9. The predicted molar refractivity (Wildman–Crippen MR) is 71.6 cm³/mol. The van der Waals surface area contributed by atoms with Crippen LogP contribution >= 0.6 is 0 Å². The first-order valence-electron chi connectivity index (χ1n) is 7.16. The highest BCUT2D eigenvalue weighted by molar-refractivity contribution is 5.28. The second-order valence-electron chi connectivity index (χ2n) is 5.70. The molecule has 2 unspecified atom stereocenters. The van der Waals surface area contributed by atoms with Crippen LogP contribution < -0.4 is 5.32 Å². The van der Waals surface area contributed by atoms with Gasteiger partial charge in [-0.3, -0.25) is 4.98 Å². The van der Waals surface area contributed by atoms with Crippen LogP contribution in [0.25, 0.3) is 0 Å². The van der Waals surface area contributed by atoms with E-state index in [1.54, 1.807) is 0 Å². The van der Waals surface area contributed by atoms with Crippen molar-refractivity contribution in [3.8, 4) is 0 Å². The monoisotopic (exact) mass is 246 g/mol. The van der Waals surface area contributed by atoms with Gasteiger partial charge in [0.15, 0.2) is 0 Å². The Morgan fingerprint density at radius 3 is 3.17 bits per heavy atom. The van der Waals surface area contributed by atoms with Crippen LogP contribution in [-0.2, 0) is 6.42 Å². The summed E-state index contributed by atoms with van der Waals surface area (Å²) in [6.45, 7) is 1.96. The number of hydrogen-bond donors (Lipinski definition) is 2. The second-order valence-corrected chi connectivity index (χ2v) is 5.70. The second kappa shape index (κ2) is 4.98. The highest BCUT2D eigenvalue weighted by atomic mass is 16.3. The molecule has 2 N–H and O–H groups in total. The molecule has 2 atom stereocenters. The molecule has 3 rings (SSSR count). The van der Waals surface area contributed by atoms with Crippen molar-refractivity contribution in [1.29, 1.82) is 0 Å². The fourth-order valence-electron chi connectivity index (χ4n) is 3.56. The minimum Gasteiger partial charge on any atom is -0.389 e. The number of aliphatic hydroxyl groups is 1. The maximum absolute atomic E-state index is 11.0. The minimum absolute atomic E-state index is 0.238. The van der Waals surface area contributed by atoms with Crippen molar-refractivity contribution < 1.29 is 5.11 Å². The number of aromatic nitrogens is 1. The molecule has 98 valence electrons. The fourth-order valence-corrected chi connectivity index (χ4v) is 3.56. The molecule has 0 amide bonds. The Labute approximate surface area is 109 Å². The minimum atomic E-state index is -0.549. The fraction of sp³-hybridized carbons (Fsp3) is 0.667. The summed E-state index contributed by atoms with van der Waals surface area (Å²) in [7, 11) is 0. The molecule has 0 radical (unpaired) electrons. The summed E-state index contributed by atoms with van der Waals surface area (Å²) in [5, 5.41) is 14.4. The van der Waals surface area contributed by atoms with Crippen molar-refractivity contribution in [2.75, 3.05) is 13.1 Å². The average molecular weight is 246 g/mol. The molecule has 1 fully saturated rings. The zero-order chi connectivity index (χ0) is 12.4. The smallest absolute Gasteiger partial charge is 0.0743 e. The lowest BCUT2D eigenvalue weighted by Crippen LogP contribution is -2.39. The van der Waals surface area contributed by atoms with Gasteiger partial charge in [0.2, 0.25) is 0 Å². The van der Waals surface area contributed by atoms with Crippen molar-refractivity contribution >= 4 is 0 Å². The van der Waals surface area contributed by atoms with Crippen LogP contribution in [0.5, 0.6) is 0 Å². The maximum Gasteiger partial charge on any atom is 0.0743 e. The van der Waals surface area contributed by atoms with E-state index in [1.807, 2.05) is 12.3 Å². The van der Waals surface area contributed by atoms with Gasteiger partial charge in [-0.25, -0.2) is 0 Å². The van der Waals surface area contributed by atoms with Gasteiger partial charge in [-0.15, -0.1) is 0 Å². The molecule has 0 spiro atoms. The number of fused-ring (bicyclic) bond motifs is 1. The predicted octanol–water partition coefficient (Wildman–Crippen LogP) is 2.01. The number of rotatable bonds is 1. The number of pyridine rings is 1. The summed E-state index contributed by atoms with van der Waals surface area (Å²) in [6.07, 6.45) is 8.08. The highest BCUT2D eigenvalue weighted by Crippen LogP contribution is 2.42. The number of hydrogen-bond acceptors (Lipinski definition) is 3. The van der Waals surface area contributed by atoms with Gasteiger partial charge < -0.3 is 10.4 Å². The average Bonchev–Trinajstić information content (AvgIpc) is 2.64. The van der Waals surface area contributed by atoms with E-state index in [0.717, 1.165) is 50.9 Å². The first-order valence-corrected chi connectivity index (χ1v) is 7.16. The molecular weight excluding hydrogens is 224 g/mol. The van der Waals surface area contributed by atoms with E-state index in [2.05, 4.69) is 16.4 Å². The Kier molecular flexibility index (Phi) is 3.35. The van der Waals surface area contributed by atoms with Crippen molar-refractivity contribution in [3.05, 3.63) is 29.6 Å². The summed E-state index contributed by atoms with van der Waals surface area (Å²) in [4.78, 5) is 4.57. The molecule has 3 nitrogen and oxygen atoms in total. The van der Waals surface area contributed by atoms with Crippen LogP contribution in [0.1, 0.15) is 49.3 Å². The first-order chi connectivity index (χ1) is 8.80. The van der Waals surface area contributed by atoms with Crippen LogP contribution in [0, 0.1) is 0 Å². The third-order valence-corrected chi connectivity index (χ3v) is 4.54. The first kappa shape index (κ1) is 12.1. The van der Waals surface area contributed by atoms with E-state index in [9.17, 15) is 5.11 Å². The van der Waals surface area contributed by atoms with Gasteiger partial charge in [0.25, 0.3) is 0 Å². The summed E-state index contributed by atoms with van der Waals surface area (Å²) in [5.74, 6) is 0.238. The Hall–Kier alpha value is -0.930. The van der Waals surface area contributed by atoms with Crippen LogP contribution in [0.4, 0.5) is 0 Å². The molecule has 0 aromatic carbocycles. The van der Waals surface area contributed by atoms with Gasteiger partial charge in [-0.1, -0.05) is 6.07 Å². The molecule has 0 bridgehead atoms. The third kappa shape index (κ3) is 2.17. The third-order valence-electron chi connectivity index (χ3n) is 4.54. The molecule has 2 aliphatic rings. The molecule has 1 aliphatic carbocycles. The normalized spacial score (nSPS) is 32.6. The Bertz CT molecular complexity index is 411. The molecule has 1 aromatic rings. The Morgan fingerprint density at radius 2 is 2.22 bits per heavy atom. The van der Waals surface area contributed by atoms with Gasteiger partial charge in [0, 0.05) is 17.8 Å². The van der Waals surface area contributed by atoms with Crippen LogP contribution in [-0.4, -0.2) is 28.8 Å². The topological polar surface area (TPSA) is 45.2 Å². The van der Waals surface area contributed by atoms with Crippen LogP contribution in [0.3, 0.4) is 0 Å². The molecule has 18 heavy (non-hydrogen) atoms. The van der Waals surface area contributed by atoms with Crippen molar-refractivity contribution in [2.24, 2.45) is 0 Å². The van der Waals surface area contributed by atoms with E-state index in [1.165, 1.54) is 12.0 Å². The van der Waals surface area contributed by atoms with Gasteiger partial charge in [-0.2, -0.15) is 0 Å². The Balaban J connectivity index is 1.92. The molecule has 1 saturated heterocycles.